The van der Waals surface area contributed by atoms with E-state index in [-0.39, 0.29) is 17.9 Å². The Hall–Kier alpha value is -1.55. The Kier molecular flexibility index (Phi) is 4.44. The number of piperidine rings is 1. The molecule has 2 heterocycles. The smallest absolute Gasteiger partial charge is 0.223 e. The third-order valence-corrected chi connectivity index (χ3v) is 4.50. The number of amides is 1. The summed E-state index contributed by atoms with van der Waals surface area (Å²) in [6, 6.07) is 8.57. The van der Waals surface area contributed by atoms with Crippen molar-refractivity contribution < 1.29 is 9.53 Å². The summed E-state index contributed by atoms with van der Waals surface area (Å²) in [6.45, 7) is 3.81. The lowest BCUT2D eigenvalue weighted by Gasteiger charge is -2.29. The number of hydrogen-bond donors (Lipinski definition) is 2. The van der Waals surface area contributed by atoms with E-state index in [0.29, 0.717) is 6.04 Å². The Balaban J connectivity index is 1.70. The van der Waals surface area contributed by atoms with E-state index in [1.54, 1.807) is 0 Å². The fourth-order valence-corrected chi connectivity index (χ4v) is 3.33. The highest BCUT2D eigenvalue weighted by Gasteiger charge is 2.28. The molecule has 114 valence electrons. The molecule has 2 aliphatic heterocycles. The van der Waals surface area contributed by atoms with Crippen molar-refractivity contribution in [2.45, 2.75) is 44.7 Å². The van der Waals surface area contributed by atoms with E-state index in [4.69, 9.17) is 4.74 Å². The molecule has 1 amide bonds. The van der Waals surface area contributed by atoms with Gasteiger partial charge in [-0.25, -0.2) is 0 Å². The van der Waals surface area contributed by atoms with Gasteiger partial charge in [0, 0.05) is 17.5 Å². The van der Waals surface area contributed by atoms with E-state index in [2.05, 4.69) is 23.6 Å². The number of nitrogens with one attached hydrogen (secondary N) is 2. The number of carbonyl (C=O) groups excluding carboxylic acids is 1. The number of benzene rings is 1. The van der Waals surface area contributed by atoms with Crippen LogP contribution in [0.25, 0.3) is 0 Å². The highest BCUT2D eigenvalue weighted by atomic mass is 16.5. The van der Waals surface area contributed by atoms with Gasteiger partial charge >= 0.3 is 0 Å². The second-order valence-corrected chi connectivity index (χ2v) is 6.17. The average Bonchev–Trinajstić information content (AvgIpc) is 2.70. The van der Waals surface area contributed by atoms with Crippen molar-refractivity contribution in [1.82, 2.24) is 10.6 Å². The molecular weight excluding hydrogens is 264 g/mol. The molecule has 3 atom stereocenters. The molecule has 1 aromatic rings. The summed E-state index contributed by atoms with van der Waals surface area (Å²) in [5.74, 6) is 1.25. The molecular formula is C17H24N2O2. The zero-order chi connectivity index (χ0) is 14.7. The van der Waals surface area contributed by atoms with Gasteiger partial charge in [0.05, 0.1) is 12.6 Å². The number of hydrogen-bond acceptors (Lipinski definition) is 3. The molecule has 1 aromatic carbocycles. The monoisotopic (exact) mass is 288 g/mol. The van der Waals surface area contributed by atoms with E-state index in [1.807, 2.05) is 18.2 Å². The van der Waals surface area contributed by atoms with Gasteiger partial charge in [0.15, 0.2) is 0 Å². The minimum atomic E-state index is 0.0846. The van der Waals surface area contributed by atoms with Crippen molar-refractivity contribution in [2.75, 3.05) is 13.2 Å². The van der Waals surface area contributed by atoms with Crippen molar-refractivity contribution in [3.63, 3.8) is 0 Å². The fraction of sp³-hybridized carbons (Fsp3) is 0.588. The third-order valence-electron chi connectivity index (χ3n) is 4.50. The Bertz CT molecular complexity index is 503. The Labute approximate surface area is 126 Å². The quantitative estimate of drug-likeness (QED) is 0.878. The second-order valence-electron chi connectivity index (χ2n) is 6.17. The van der Waals surface area contributed by atoms with Gasteiger partial charge in [-0.2, -0.15) is 0 Å². The first-order valence-corrected chi connectivity index (χ1v) is 7.99. The largest absolute Gasteiger partial charge is 0.493 e. The molecule has 0 spiro atoms. The molecule has 21 heavy (non-hydrogen) atoms. The van der Waals surface area contributed by atoms with E-state index in [1.165, 1.54) is 0 Å². The number of carbonyl (C=O) groups is 1. The molecule has 0 radical (unpaired) electrons. The average molecular weight is 288 g/mol. The lowest BCUT2D eigenvalue weighted by molar-refractivity contribution is -0.126. The van der Waals surface area contributed by atoms with Gasteiger partial charge in [0.1, 0.15) is 5.75 Å². The summed E-state index contributed by atoms with van der Waals surface area (Å²) in [4.78, 5) is 12.6. The van der Waals surface area contributed by atoms with Gasteiger partial charge in [0.2, 0.25) is 5.91 Å². The van der Waals surface area contributed by atoms with E-state index >= 15 is 0 Å². The Morgan fingerprint density at radius 1 is 1.33 bits per heavy atom. The van der Waals surface area contributed by atoms with Gasteiger partial charge in [-0.05, 0) is 45.2 Å². The van der Waals surface area contributed by atoms with Crippen LogP contribution in [0.2, 0.25) is 0 Å². The van der Waals surface area contributed by atoms with Crippen LogP contribution >= 0.6 is 0 Å². The van der Waals surface area contributed by atoms with Crippen LogP contribution in [0.4, 0.5) is 0 Å². The molecule has 2 N–H and O–H groups in total. The molecule has 2 aliphatic rings. The van der Waals surface area contributed by atoms with Crippen molar-refractivity contribution in [3.8, 4) is 5.75 Å². The fourth-order valence-electron chi connectivity index (χ4n) is 3.33. The Morgan fingerprint density at radius 3 is 3.05 bits per heavy atom. The van der Waals surface area contributed by atoms with Crippen molar-refractivity contribution >= 4 is 5.91 Å². The van der Waals surface area contributed by atoms with Crippen LogP contribution in [0.15, 0.2) is 24.3 Å². The summed E-state index contributed by atoms with van der Waals surface area (Å²) >= 11 is 0. The summed E-state index contributed by atoms with van der Waals surface area (Å²) in [5, 5.41) is 6.65. The van der Waals surface area contributed by atoms with Crippen molar-refractivity contribution in [1.29, 1.82) is 0 Å². The van der Waals surface area contributed by atoms with E-state index in [0.717, 1.165) is 50.1 Å². The number of para-hydroxylation sites is 1. The molecule has 0 aromatic heterocycles. The molecule has 1 fully saturated rings. The first kappa shape index (κ1) is 14.4. The van der Waals surface area contributed by atoms with Crippen LogP contribution < -0.4 is 15.4 Å². The first-order valence-electron chi connectivity index (χ1n) is 7.99. The highest BCUT2D eigenvalue weighted by molar-refractivity contribution is 5.79. The van der Waals surface area contributed by atoms with Crippen molar-refractivity contribution in [3.05, 3.63) is 29.8 Å². The molecule has 4 heteroatoms. The summed E-state index contributed by atoms with van der Waals surface area (Å²) in [5.41, 5.74) is 1.12. The van der Waals surface area contributed by atoms with E-state index in [9.17, 15) is 4.79 Å². The molecule has 1 saturated heterocycles. The molecule has 0 bridgehead atoms. The maximum atomic E-state index is 12.6. The standard InChI is InChI=1S/C17H24N2O2/c1-12-11-13(8-9-18-12)17(20)19-15-6-4-10-21-16-7-3-2-5-14(15)16/h2-3,5,7,12-13,15,18H,4,6,8-11H2,1H3,(H,19,20)/t12-,13-,15?/m0/s1. The summed E-state index contributed by atoms with van der Waals surface area (Å²) in [7, 11) is 0. The van der Waals surface area contributed by atoms with Crippen LogP contribution in [0, 0.1) is 5.92 Å². The minimum absolute atomic E-state index is 0.0846. The topological polar surface area (TPSA) is 50.4 Å². The van der Waals surface area contributed by atoms with Gasteiger partial charge in [-0.1, -0.05) is 18.2 Å². The second kappa shape index (κ2) is 6.48. The zero-order valence-electron chi connectivity index (χ0n) is 12.6. The van der Waals surface area contributed by atoms with Crippen molar-refractivity contribution in [2.24, 2.45) is 5.92 Å². The number of rotatable bonds is 2. The zero-order valence-corrected chi connectivity index (χ0v) is 12.6. The SMILES string of the molecule is C[C@H]1C[C@@H](C(=O)NC2CCCOc3ccccc32)CCN1. The molecule has 0 aliphatic carbocycles. The lowest BCUT2D eigenvalue weighted by Crippen LogP contribution is -2.43. The predicted octanol–water partition coefficient (Wildman–Crippen LogP) is 2.40. The molecule has 1 unspecified atom stereocenters. The number of fused-ring (bicyclic) bond motifs is 1. The highest BCUT2D eigenvalue weighted by Crippen LogP contribution is 2.31. The Morgan fingerprint density at radius 2 is 2.19 bits per heavy atom. The van der Waals surface area contributed by atoms with E-state index < -0.39 is 0 Å². The molecule has 3 rings (SSSR count). The van der Waals surface area contributed by atoms with Crippen LogP contribution in [0.1, 0.15) is 44.2 Å². The summed E-state index contributed by atoms with van der Waals surface area (Å²) in [6.07, 6.45) is 3.78. The maximum absolute atomic E-state index is 12.6. The van der Waals surface area contributed by atoms with Gasteiger partial charge in [-0.3, -0.25) is 4.79 Å². The third kappa shape index (κ3) is 3.38. The van der Waals surface area contributed by atoms with Crippen LogP contribution in [0.3, 0.4) is 0 Å². The van der Waals surface area contributed by atoms with Crippen LogP contribution in [0.5, 0.6) is 5.75 Å². The first-order chi connectivity index (χ1) is 10.2. The summed E-state index contributed by atoms with van der Waals surface area (Å²) < 4.78 is 5.76. The minimum Gasteiger partial charge on any atom is -0.493 e. The normalized spacial score (nSPS) is 28.9. The predicted molar refractivity (Wildman–Crippen MR) is 82.2 cm³/mol. The van der Waals surface area contributed by atoms with Crippen LogP contribution in [-0.2, 0) is 4.79 Å². The maximum Gasteiger partial charge on any atom is 0.223 e. The van der Waals surface area contributed by atoms with Gasteiger partial charge in [0.25, 0.3) is 0 Å². The van der Waals surface area contributed by atoms with Gasteiger partial charge in [-0.15, -0.1) is 0 Å². The lowest BCUT2D eigenvalue weighted by atomic mass is 9.91. The molecule has 4 nitrogen and oxygen atoms in total. The van der Waals surface area contributed by atoms with Crippen LogP contribution in [-0.4, -0.2) is 25.1 Å². The number of ether oxygens (including phenoxy) is 1. The molecule has 0 saturated carbocycles. The van der Waals surface area contributed by atoms with Gasteiger partial charge < -0.3 is 15.4 Å².